The van der Waals surface area contributed by atoms with Crippen LogP contribution in [0.4, 0.5) is 0 Å². The molecule has 0 aliphatic rings. The average molecular weight is 336 g/mol. The van der Waals surface area contributed by atoms with Crippen LogP contribution in [0.2, 0.25) is 0 Å². The third-order valence-corrected chi connectivity index (χ3v) is 2.70. The molecule has 0 aromatic heterocycles. The number of nitrogens with one attached hydrogen (secondary N) is 2. The third kappa shape index (κ3) is 7.62. The molecule has 0 aliphatic carbocycles. The third-order valence-electron chi connectivity index (χ3n) is 2.70. The Kier molecular flexibility index (Phi) is 7.23. The van der Waals surface area contributed by atoms with Gasteiger partial charge in [-0.3, -0.25) is 14.4 Å². The molecule has 0 aliphatic heterocycles. The van der Waals surface area contributed by atoms with Crippen LogP contribution in [0.5, 0.6) is 5.75 Å². The van der Waals surface area contributed by atoms with E-state index in [1.54, 1.807) is 24.3 Å². The zero-order chi connectivity index (χ0) is 18.2. The topological polar surface area (TPSA) is 93.7 Å². The monoisotopic (exact) mass is 336 g/mol. The fourth-order valence-corrected chi connectivity index (χ4v) is 1.78. The highest BCUT2D eigenvalue weighted by atomic mass is 16.5. The van der Waals surface area contributed by atoms with Gasteiger partial charge >= 0.3 is 5.97 Å². The second kappa shape index (κ2) is 8.90. The van der Waals surface area contributed by atoms with Crippen LogP contribution in [0.25, 0.3) is 0 Å². The lowest BCUT2D eigenvalue weighted by atomic mass is 10.1. The maximum Gasteiger partial charge on any atom is 0.325 e. The average Bonchev–Trinajstić information content (AvgIpc) is 2.50. The minimum Gasteiger partial charge on any atom is -0.494 e. The van der Waals surface area contributed by atoms with E-state index in [2.05, 4.69) is 10.6 Å². The van der Waals surface area contributed by atoms with Gasteiger partial charge in [-0.15, -0.1) is 0 Å². The number of hydrogen-bond donors (Lipinski definition) is 2. The smallest absolute Gasteiger partial charge is 0.325 e. The van der Waals surface area contributed by atoms with Crippen molar-refractivity contribution in [1.29, 1.82) is 0 Å². The predicted molar refractivity (Wildman–Crippen MR) is 88.8 cm³/mol. The van der Waals surface area contributed by atoms with Crippen molar-refractivity contribution in [2.24, 2.45) is 0 Å². The number of carbonyl (C=O) groups excluding carboxylic acids is 3. The number of hydrogen-bond acceptors (Lipinski definition) is 5. The van der Waals surface area contributed by atoms with E-state index in [0.29, 0.717) is 17.9 Å². The molecule has 2 amide bonds. The second-order valence-electron chi connectivity index (χ2n) is 6.10. The molecule has 0 heterocycles. The molecule has 0 unspecified atom stereocenters. The predicted octanol–water partition coefficient (Wildman–Crippen LogP) is 1.27. The van der Waals surface area contributed by atoms with Gasteiger partial charge in [-0.1, -0.05) is 0 Å². The van der Waals surface area contributed by atoms with Gasteiger partial charge in [0.1, 0.15) is 12.3 Å². The first-order valence-electron chi connectivity index (χ1n) is 7.69. The van der Waals surface area contributed by atoms with Crippen molar-refractivity contribution in [3.05, 3.63) is 29.8 Å². The summed E-state index contributed by atoms with van der Waals surface area (Å²) in [5.41, 5.74) is 0.00229. The summed E-state index contributed by atoms with van der Waals surface area (Å²) in [5, 5.41) is 5.10. The normalized spacial score (nSPS) is 10.7. The van der Waals surface area contributed by atoms with E-state index in [4.69, 9.17) is 9.47 Å². The largest absolute Gasteiger partial charge is 0.494 e. The summed E-state index contributed by atoms with van der Waals surface area (Å²) < 4.78 is 10.1. The summed E-state index contributed by atoms with van der Waals surface area (Å²) in [6.07, 6.45) is 0. The van der Waals surface area contributed by atoms with Crippen LogP contribution in [0.3, 0.4) is 0 Å². The van der Waals surface area contributed by atoms with Crippen molar-refractivity contribution < 1.29 is 23.9 Å². The zero-order valence-corrected chi connectivity index (χ0v) is 14.5. The van der Waals surface area contributed by atoms with Gasteiger partial charge < -0.3 is 20.1 Å². The van der Waals surface area contributed by atoms with Crippen LogP contribution >= 0.6 is 0 Å². The molecule has 0 saturated heterocycles. The van der Waals surface area contributed by atoms with Gasteiger partial charge in [0.2, 0.25) is 0 Å². The Morgan fingerprint density at radius 2 is 1.71 bits per heavy atom. The summed E-state index contributed by atoms with van der Waals surface area (Å²) >= 11 is 0. The number of esters is 1. The van der Waals surface area contributed by atoms with E-state index in [1.807, 2.05) is 27.7 Å². The van der Waals surface area contributed by atoms with Gasteiger partial charge in [0.05, 0.1) is 6.61 Å². The lowest BCUT2D eigenvalue weighted by molar-refractivity contribution is -0.147. The van der Waals surface area contributed by atoms with Crippen LogP contribution in [0, 0.1) is 0 Å². The number of carbonyl (C=O) groups is 3. The maximum atomic E-state index is 11.9. The molecule has 0 atom stereocenters. The summed E-state index contributed by atoms with van der Waals surface area (Å²) in [4.78, 5) is 35.0. The molecule has 7 heteroatoms. The molecule has 1 rings (SSSR count). The van der Waals surface area contributed by atoms with E-state index in [9.17, 15) is 14.4 Å². The first-order chi connectivity index (χ1) is 11.2. The molecule has 24 heavy (non-hydrogen) atoms. The Labute approximate surface area is 141 Å². The minimum atomic E-state index is -0.682. The summed E-state index contributed by atoms with van der Waals surface area (Å²) in [5.74, 6) is -0.820. The van der Waals surface area contributed by atoms with E-state index < -0.39 is 23.3 Å². The van der Waals surface area contributed by atoms with Gasteiger partial charge in [-0.2, -0.15) is 0 Å². The van der Waals surface area contributed by atoms with E-state index in [-0.39, 0.29) is 13.2 Å². The van der Waals surface area contributed by atoms with Crippen LogP contribution < -0.4 is 15.4 Å². The molecule has 1 aromatic rings. The Morgan fingerprint density at radius 3 is 2.25 bits per heavy atom. The number of ether oxygens (including phenoxy) is 2. The molecule has 7 nitrogen and oxygen atoms in total. The summed E-state index contributed by atoms with van der Waals surface area (Å²) in [7, 11) is 0. The SMILES string of the molecule is CCOc1ccc(C(=O)NCC(=O)OCC(=O)NC(C)(C)C)cc1. The minimum absolute atomic E-state index is 0.311. The molecule has 0 fully saturated rings. The van der Waals surface area contributed by atoms with Gasteiger partial charge in [0, 0.05) is 11.1 Å². The van der Waals surface area contributed by atoms with Crippen molar-refractivity contribution in [3.63, 3.8) is 0 Å². The first kappa shape index (κ1) is 19.5. The number of amides is 2. The van der Waals surface area contributed by atoms with Crippen LogP contribution in [-0.2, 0) is 14.3 Å². The highest BCUT2D eigenvalue weighted by Crippen LogP contribution is 2.11. The highest BCUT2D eigenvalue weighted by Gasteiger charge is 2.15. The Hall–Kier alpha value is -2.57. The first-order valence-corrected chi connectivity index (χ1v) is 7.69. The van der Waals surface area contributed by atoms with E-state index in [1.165, 1.54) is 0 Å². The molecule has 0 radical (unpaired) electrons. The number of rotatable bonds is 7. The van der Waals surface area contributed by atoms with Crippen molar-refractivity contribution in [1.82, 2.24) is 10.6 Å². The van der Waals surface area contributed by atoms with Gasteiger partial charge in [-0.25, -0.2) is 0 Å². The van der Waals surface area contributed by atoms with E-state index >= 15 is 0 Å². The van der Waals surface area contributed by atoms with Crippen molar-refractivity contribution in [2.45, 2.75) is 33.2 Å². The molecular weight excluding hydrogens is 312 g/mol. The summed E-state index contributed by atoms with van der Waals surface area (Å²) in [6, 6.07) is 6.55. The summed E-state index contributed by atoms with van der Waals surface area (Å²) in [6.45, 7) is 7.19. The quantitative estimate of drug-likeness (QED) is 0.732. The number of benzene rings is 1. The van der Waals surface area contributed by atoms with Crippen molar-refractivity contribution in [2.75, 3.05) is 19.8 Å². The molecule has 0 spiro atoms. The molecular formula is C17H24N2O5. The fourth-order valence-electron chi connectivity index (χ4n) is 1.78. The van der Waals surface area contributed by atoms with Crippen molar-refractivity contribution >= 4 is 17.8 Å². The lowest BCUT2D eigenvalue weighted by Gasteiger charge is -2.20. The molecule has 1 aromatic carbocycles. The molecule has 0 saturated carbocycles. The Bertz CT molecular complexity index is 576. The van der Waals surface area contributed by atoms with E-state index in [0.717, 1.165) is 0 Å². The van der Waals surface area contributed by atoms with Gasteiger partial charge in [0.15, 0.2) is 6.61 Å². The second-order valence-corrected chi connectivity index (χ2v) is 6.10. The Balaban J connectivity index is 2.35. The van der Waals surface area contributed by atoms with Gasteiger partial charge in [0.25, 0.3) is 11.8 Å². The molecule has 0 bridgehead atoms. The fraction of sp³-hybridized carbons (Fsp3) is 0.471. The van der Waals surface area contributed by atoms with Crippen LogP contribution in [0.1, 0.15) is 38.1 Å². The van der Waals surface area contributed by atoms with Crippen LogP contribution in [-0.4, -0.2) is 43.1 Å². The van der Waals surface area contributed by atoms with Gasteiger partial charge in [-0.05, 0) is 52.0 Å². The lowest BCUT2D eigenvalue weighted by Crippen LogP contribution is -2.43. The zero-order valence-electron chi connectivity index (χ0n) is 14.5. The molecule has 132 valence electrons. The maximum absolute atomic E-state index is 11.9. The standard InChI is InChI=1S/C17H24N2O5/c1-5-23-13-8-6-12(7-9-13)16(22)18-10-15(21)24-11-14(20)19-17(2,3)4/h6-9H,5,10-11H2,1-4H3,(H,18,22)(H,19,20). The molecule has 2 N–H and O–H groups in total. The Morgan fingerprint density at radius 1 is 1.08 bits per heavy atom. The highest BCUT2D eigenvalue weighted by molar-refractivity contribution is 5.96. The van der Waals surface area contributed by atoms with Crippen LogP contribution in [0.15, 0.2) is 24.3 Å². The van der Waals surface area contributed by atoms with Crippen molar-refractivity contribution in [3.8, 4) is 5.75 Å².